The van der Waals surface area contributed by atoms with Gasteiger partial charge in [-0.2, -0.15) is 0 Å². The zero-order valence-corrected chi connectivity index (χ0v) is 10.1. The van der Waals surface area contributed by atoms with Gasteiger partial charge in [0.15, 0.2) is 0 Å². The topological polar surface area (TPSA) is 52.3 Å². The van der Waals surface area contributed by atoms with Gasteiger partial charge in [0, 0.05) is 6.54 Å². The van der Waals surface area contributed by atoms with Crippen LogP contribution in [-0.4, -0.2) is 19.6 Å². The number of hydrogen-bond donors (Lipinski definition) is 1. The average Bonchev–Trinajstić information content (AvgIpc) is 3.03. The van der Waals surface area contributed by atoms with Gasteiger partial charge in [-0.3, -0.25) is 4.79 Å². The van der Waals surface area contributed by atoms with E-state index in [9.17, 15) is 4.79 Å². The first kappa shape index (κ1) is 12.5. The summed E-state index contributed by atoms with van der Waals surface area (Å²) in [5.74, 6) is 0.973. The number of carbonyl (C=O) groups is 1. The third-order valence-corrected chi connectivity index (χ3v) is 3.48. The molecule has 2 N–H and O–H groups in total. The third-order valence-electron chi connectivity index (χ3n) is 3.48. The molecule has 1 rings (SSSR count). The molecule has 0 amide bonds. The summed E-state index contributed by atoms with van der Waals surface area (Å²) < 4.78 is 4.92. The molecule has 0 aromatic carbocycles. The van der Waals surface area contributed by atoms with E-state index in [-0.39, 0.29) is 11.4 Å². The van der Waals surface area contributed by atoms with Crippen LogP contribution in [0, 0.1) is 17.3 Å². The number of hydrogen-bond acceptors (Lipinski definition) is 3. The normalized spacial score (nSPS) is 20.1. The number of ether oxygens (including phenoxy) is 1. The minimum Gasteiger partial charge on any atom is -0.469 e. The summed E-state index contributed by atoms with van der Waals surface area (Å²) in [5.41, 5.74) is 5.42. The van der Waals surface area contributed by atoms with Crippen LogP contribution >= 0.6 is 0 Å². The van der Waals surface area contributed by atoms with Crippen LogP contribution in [0.2, 0.25) is 0 Å². The lowest BCUT2D eigenvalue weighted by atomic mass is 9.77. The van der Waals surface area contributed by atoms with Crippen LogP contribution in [0.1, 0.15) is 39.5 Å². The highest BCUT2D eigenvalue weighted by molar-refractivity contribution is 5.78. The molecule has 0 radical (unpaired) electrons. The Morgan fingerprint density at radius 3 is 2.47 bits per heavy atom. The van der Waals surface area contributed by atoms with E-state index in [0.717, 1.165) is 25.7 Å². The van der Waals surface area contributed by atoms with Crippen molar-refractivity contribution in [2.75, 3.05) is 13.7 Å². The van der Waals surface area contributed by atoms with Gasteiger partial charge in [-0.1, -0.05) is 13.8 Å². The summed E-state index contributed by atoms with van der Waals surface area (Å²) in [4.78, 5) is 11.9. The third kappa shape index (κ3) is 2.71. The predicted molar refractivity (Wildman–Crippen MR) is 60.3 cm³/mol. The zero-order chi connectivity index (χ0) is 11.5. The van der Waals surface area contributed by atoms with Gasteiger partial charge in [0.25, 0.3) is 0 Å². The molecule has 15 heavy (non-hydrogen) atoms. The highest BCUT2D eigenvalue weighted by atomic mass is 16.5. The lowest BCUT2D eigenvalue weighted by molar-refractivity contribution is -0.154. The molecule has 0 spiro atoms. The lowest BCUT2D eigenvalue weighted by Crippen LogP contribution is -2.41. The molecule has 3 nitrogen and oxygen atoms in total. The second-order valence-electron chi connectivity index (χ2n) is 5.06. The first-order valence-electron chi connectivity index (χ1n) is 5.85. The highest BCUT2D eigenvalue weighted by Gasteiger charge is 2.50. The smallest absolute Gasteiger partial charge is 0.313 e. The minimum atomic E-state index is -0.390. The fraction of sp³-hybridized carbons (Fsp3) is 0.917. The number of nitrogens with two attached hydrogens (primary N) is 1. The van der Waals surface area contributed by atoms with E-state index >= 15 is 0 Å². The number of carbonyl (C=O) groups excluding carboxylic acids is 1. The van der Waals surface area contributed by atoms with E-state index in [1.807, 2.05) is 0 Å². The van der Waals surface area contributed by atoms with Crippen molar-refractivity contribution in [3.63, 3.8) is 0 Å². The molecule has 0 heterocycles. The van der Waals surface area contributed by atoms with Crippen molar-refractivity contribution in [3.8, 4) is 0 Å². The molecular formula is C12H23NO2. The van der Waals surface area contributed by atoms with E-state index in [1.165, 1.54) is 7.11 Å². The van der Waals surface area contributed by atoms with E-state index < -0.39 is 0 Å². The largest absolute Gasteiger partial charge is 0.469 e. The molecule has 0 aromatic rings. The van der Waals surface area contributed by atoms with Crippen molar-refractivity contribution in [2.45, 2.75) is 39.5 Å². The van der Waals surface area contributed by atoms with Gasteiger partial charge in [-0.05, 0) is 37.5 Å². The second-order valence-corrected chi connectivity index (χ2v) is 5.06. The molecule has 0 saturated heterocycles. The Morgan fingerprint density at radius 2 is 2.13 bits per heavy atom. The molecule has 1 aliphatic rings. The van der Waals surface area contributed by atoms with Gasteiger partial charge in [-0.25, -0.2) is 0 Å². The van der Waals surface area contributed by atoms with Crippen LogP contribution < -0.4 is 5.73 Å². The first-order valence-corrected chi connectivity index (χ1v) is 5.85. The molecule has 0 aromatic heterocycles. The van der Waals surface area contributed by atoms with Crippen LogP contribution in [0.4, 0.5) is 0 Å². The summed E-state index contributed by atoms with van der Waals surface area (Å²) in [7, 11) is 1.46. The molecule has 3 heteroatoms. The number of esters is 1. The SMILES string of the molecule is COC(=O)C(CN)(CCC(C)C)C1CC1. The van der Waals surface area contributed by atoms with Crippen molar-refractivity contribution in [3.05, 3.63) is 0 Å². The van der Waals surface area contributed by atoms with Crippen molar-refractivity contribution in [1.29, 1.82) is 0 Å². The molecule has 88 valence electrons. The van der Waals surface area contributed by atoms with Crippen molar-refractivity contribution in [2.24, 2.45) is 23.0 Å². The van der Waals surface area contributed by atoms with Crippen LogP contribution in [0.15, 0.2) is 0 Å². The summed E-state index contributed by atoms with van der Waals surface area (Å²) >= 11 is 0. The maximum Gasteiger partial charge on any atom is 0.313 e. The Hall–Kier alpha value is -0.570. The molecule has 1 saturated carbocycles. The molecule has 1 aliphatic carbocycles. The quantitative estimate of drug-likeness (QED) is 0.686. The molecule has 1 fully saturated rings. The average molecular weight is 213 g/mol. The van der Waals surface area contributed by atoms with Crippen LogP contribution in [0.5, 0.6) is 0 Å². The zero-order valence-electron chi connectivity index (χ0n) is 10.1. The van der Waals surface area contributed by atoms with E-state index in [4.69, 9.17) is 10.5 Å². The second kappa shape index (κ2) is 4.97. The van der Waals surface area contributed by atoms with E-state index in [0.29, 0.717) is 18.4 Å². The van der Waals surface area contributed by atoms with Crippen LogP contribution in [-0.2, 0) is 9.53 Å². The Morgan fingerprint density at radius 1 is 1.53 bits per heavy atom. The van der Waals surface area contributed by atoms with Crippen LogP contribution in [0.25, 0.3) is 0 Å². The fourth-order valence-corrected chi connectivity index (χ4v) is 2.21. The summed E-state index contributed by atoms with van der Waals surface area (Å²) in [6, 6.07) is 0. The summed E-state index contributed by atoms with van der Waals surface area (Å²) in [6.07, 6.45) is 4.18. The van der Waals surface area contributed by atoms with Gasteiger partial charge in [-0.15, -0.1) is 0 Å². The molecule has 0 bridgehead atoms. The van der Waals surface area contributed by atoms with Crippen molar-refractivity contribution in [1.82, 2.24) is 0 Å². The van der Waals surface area contributed by atoms with Gasteiger partial charge in [0.1, 0.15) is 0 Å². The Bertz CT molecular complexity index is 224. The van der Waals surface area contributed by atoms with E-state index in [2.05, 4.69) is 13.8 Å². The van der Waals surface area contributed by atoms with Crippen LogP contribution in [0.3, 0.4) is 0 Å². The number of rotatable bonds is 6. The van der Waals surface area contributed by atoms with Crippen molar-refractivity contribution >= 4 is 5.97 Å². The number of methoxy groups -OCH3 is 1. The standard InChI is InChI=1S/C12H23NO2/c1-9(2)6-7-12(8-13,10-4-5-10)11(14)15-3/h9-10H,4-8,13H2,1-3H3. The van der Waals surface area contributed by atoms with Gasteiger partial charge in [0.2, 0.25) is 0 Å². The minimum absolute atomic E-state index is 0.104. The highest BCUT2D eigenvalue weighted by Crippen LogP contribution is 2.49. The monoisotopic (exact) mass is 213 g/mol. The fourth-order valence-electron chi connectivity index (χ4n) is 2.21. The van der Waals surface area contributed by atoms with E-state index in [1.54, 1.807) is 0 Å². The molecule has 1 atom stereocenters. The van der Waals surface area contributed by atoms with Gasteiger partial charge < -0.3 is 10.5 Å². The maximum atomic E-state index is 11.9. The molecule has 1 unspecified atom stereocenters. The first-order chi connectivity index (χ1) is 7.06. The maximum absolute atomic E-state index is 11.9. The Labute approximate surface area is 92.4 Å². The van der Waals surface area contributed by atoms with Gasteiger partial charge in [0.05, 0.1) is 12.5 Å². The summed E-state index contributed by atoms with van der Waals surface area (Å²) in [5, 5.41) is 0. The Kier molecular flexibility index (Phi) is 4.14. The van der Waals surface area contributed by atoms with Gasteiger partial charge >= 0.3 is 5.97 Å². The van der Waals surface area contributed by atoms with Crippen molar-refractivity contribution < 1.29 is 9.53 Å². The summed E-state index contributed by atoms with van der Waals surface area (Å²) in [6.45, 7) is 4.77. The lowest BCUT2D eigenvalue weighted by Gasteiger charge is -2.30. The predicted octanol–water partition coefficient (Wildman–Crippen LogP) is 1.95. The Balaban J connectivity index is 2.69. The molecular weight excluding hydrogens is 190 g/mol. The molecule has 0 aliphatic heterocycles.